The summed E-state index contributed by atoms with van der Waals surface area (Å²) in [5, 5.41) is 1.07. The molecule has 2 N–H and O–H groups in total. The van der Waals surface area contributed by atoms with Crippen molar-refractivity contribution in [3.63, 3.8) is 0 Å². The van der Waals surface area contributed by atoms with Crippen molar-refractivity contribution in [1.29, 1.82) is 0 Å². The fraction of sp³-hybridized carbons (Fsp3) is 0.467. The van der Waals surface area contributed by atoms with Crippen LogP contribution in [0.2, 0.25) is 0 Å². The smallest absolute Gasteiger partial charge is 0.263 e. The Labute approximate surface area is 152 Å². The highest BCUT2D eigenvalue weighted by Gasteiger charge is 2.17. The minimum Gasteiger partial charge on any atom is -0.383 e. The Kier molecular flexibility index (Phi) is 6.57. The molecule has 0 aromatic carbocycles. The standard InChI is InChI=1S/C15H20N4O4S2/c1-8-9(2)25-13-12(8)14(22)19(5-6-23-4)15(16-13)24-7-11(21)18-17-10(3)20/h5-7H2,1-4H3,(H,17,20)(H,18,21). The molecule has 0 atom stereocenters. The van der Waals surface area contributed by atoms with Crippen LogP contribution in [0.4, 0.5) is 0 Å². The van der Waals surface area contributed by atoms with Gasteiger partial charge in [-0.2, -0.15) is 0 Å². The molecule has 0 spiro atoms. The third-order valence-corrected chi connectivity index (χ3v) is 5.56. The van der Waals surface area contributed by atoms with Crippen molar-refractivity contribution in [3.05, 3.63) is 20.8 Å². The molecule has 2 rings (SSSR count). The average molecular weight is 384 g/mol. The zero-order valence-corrected chi connectivity index (χ0v) is 16.1. The maximum absolute atomic E-state index is 12.9. The number of carbonyl (C=O) groups excluding carboxylic acids is 2. The first-order valence-corrected chi connectivity index (χ1v) is 9.33. The number of ether oxygens (including phenoxy) is 1. The highest BCUT2D eigenvalue weighted by Crippen LogP contribution is 2.28. The number of amides is 2. The van der Waals surface area contributed by atoms with Crippen molar-refractivity contribution in [2.45, 2.75) is 32.5 Å². The molecule has 0 aliphatic rings. The van der Waals surface area contributed by atoms with Gasteiger partial charge in [-0.1, -0.05) is 11.8 Å². The molecule has 0 aliphatic carbocycles. The summed E-state index contributed by atoms with van der Waals surface area (Å²) >= 11 is 2.60. The van der Waals surface area contributed by atoms with Gasteiger partial charge in [0, 0.05) is 18.9 Å². The second-order valence-corrected chi connectivity index (χ2v) is 7.47. The van der Waals surface area contributed by atoms with E-state index in [1.807, 2.05) is 13.8 Å². The largest absolute Gasteiger partial charge is 0.383 e. The molecule has 2 amide bonds. The monoisotopic (exact) mass is 384 g/mol. The summed E-state index contributed by atoms with van der Waals surface area (Å²) in [6.07, 6.45) is 0. The molecule has 0 aliphatic heterocycles. The first-order chi connectivity index (χ1) is 11.8. The fourth-order valence-corrected chi connectivity index (χ4v) is 4.02. The number of hydrazine groups is 1. The average Bonchev–Trinajstić information content (AvgIpc) is 2.84. The van der Waals surface area contributed by atoms with E-state index in [9.17, 15) is 14.4 Å². The molecule has 136 valence electrons. The van der Waals surface area contributed by atoms with Crippen molar-refractivity contribution in [2.24, 2.45) is 0 Å². The number of fused-ring (bicyclic) bond motifs is 1. The molecule has 0 unspecified atom stereocenters. The van der Waals surface area contributed by atoms with Gasteiger partial charge >= 0.3 is 0 Å². The van der Waals surface area contributed by atoms with Crippen molar-refractivity contribution in [1.82, 2.24) is 20.4 Å². The normalized spacial score (nSPS) is 10.9. The Morgan fingerprint density at radius 1 is 1.32 bits per heavy atom. The number of hydrogen-bond donors (Lipinski definition) is 2. The summed E-state index contributed by atoms with van der Waals surface area (Å²) in [5.41, 5.74) is 5.31. The topological polar surface area (TPSA) is 102 Å². The number of thioether (sulfide) groups is 1. The van der Waals surface area contributed by atoms with E-state index < -0.39 is 0 Å². The predicted molar refractivity (Wildman–Crippen MR) is 97.9 cm³/mol. The summed E-state index contributed by atoms with van der Waals surface area (Å²) in [7, 11) is 1.56. The molecule has 0 bridgehead atoms. The van der Waals surface area contributed by atoms with Gasteiger partial charge in [0.25, 0.3) is 5.56 Å². The van der Waals surface area contributed by atoms with Crippen LogP contribution in [-0.2, 0) is 20.9 Å². The lowest BCUT2D eigenvalue weighted by molar-refractivity contribution is -0.126. The SMILES string of the molecule is COCCn1c(SCC(=O)NNC(C)=O)nc2sc(C)c(C)c2c1=O. The molecule has 10 heteroatoms. The molecule has 8 nitrogen and oxygen atoms in total. The maximum atomic E-state index is 12.9. The number of methoxy groups -OCH3 is 1. The molecule has 2 aromatic heterocycles. The van der Waals surface area contributed by atoms with Gasteiger partial charge in [-0.3, -0.25) is 29.8 Å². The number of carbonyl (C=O) groups is 2. The number of thiophene rings is 1. The highest BCUT2D eigenvalue weighted by molar-refractivity contribution is 7.99. The van der Waals surface area contributed by atoms with Crippen LogP contribution in [-0.4, -0.2) is 40.8 Å². The van der Waals surface area contributed by atoms with E-state index in [1.54, 1.807) is 7.11 Å². The number of hydrogen-bond acceptors (Lipinski definition) is 7. The first kappa shape index (κ1) is 19.4. The van der Waals surface area contributed by atoms with Crippen LogP contribution in [0.3, 0.4) is 0 Å². The van der Waals surface area contributed by atoms with Gasteiger partial charge in [0.05, 0.1) is 24.3 Å². The van der Waals surface area contributed by atoms with Crippen LogP contribution in [0.15, 0.2) is 9.95 Å². The van der Waals surface area contributed by atoms with Crippen LogP contribution in [0.5, 0.6) is 0 Å². The second kappa shape index (κ2) is 8.45. The minimum absolute atomic E-state index is 0.0224. The lowest BCUT2D eigenvalue weighted by Gasteiger charge is -2.12. The third-order valence-electron chi connectivity index (χ3n) is 3.48. The van der Waals surface area contributed by atoms with E-state index >= 15 is 0 Å². The second-order valence-electron chi connectivity index (χ2n) is 5.33. The summed E-state index contributed by atoms with van der Waals surface area (Å²) in [4.78, 5) is 41.7. The Morgan fingerprint density at radius 2 is 2.04 bits per heavy atom. The molecular formula is C15H20N4O4S2. The predicted octanol–water partition coefficient (Wildman–Crippen LogP) is 0.981. The molecular weight excluding hydrogens is 364 g/mol. The summed E-state index contributed by atoms with van der Waals surface area (Å²) < 4.78 is 6.60. The van der Waals surface area contributed by atoms with Crippen molar-refractivity contribution < 1.29 is 14.3 Å². The zero-order chi connectivity index (χ0) is 18.6. The molecule has 25 heavy (non-hydrogen) atoms. The van der Waals surface area contributed by atoms with Crippen LogP contribution in [0.1, 0.15) is 17.4 Å². The number of nitrogens with one attached hydrogen (secondary N) is 2. The Balaban J connectivity index is 2.32. The molecule has 0 fully saturated rings. The van der Waals surface area contributed by atoms with E-state index in [-0.39, 0.29) is 23.1 Å². The van der Waals surface area contributed by atoms with E-state index in [2.05, 4.69) is 15.8 Å². The van der Waals surface area contributed by atoms with Gasteiger partial charge in [0.1, 0.15) is 4.83 Å². The van der Waals surface area contributed by atoms with Crippen LogP contribution in [0, 0.1) is 13.8 Å². The van der Waals surface area contributed by atoms with Crippen LogP contribution < -0.4 is 16.4 Å². The number of aromatic nitrogens is 2. The van der Waals surface area contributed by atoms with E-state index in [0.29, 0.717) is 28.5 Å². The minimum atomic E-state index is -0.383. The molecule has 0 saturated carbocycles. The van der Waals surface area contributed by atoms with Crippen LogP contribution >= 0.6 is 23.1 Å². The summed E-state index contributed by atoms with van der Waals surface area (Å²) in [6.45, 7) is 5.87. The number of nitrogens with zero attached hydrogens (tertiary/aromatic N) is 2. The van der Waals surface area contributed by atoms with Crippen molar-refractivity contribution in [2.75, 3.05) is 19.5 Å². The van der Waals surface area contributed by atoms with Gasteiger partial charge in [-0.15, -0.1) is 11.3 Å². The van der Waals surface area contributed by atoms with E-state index in [0.717, 1.165) is 22.2 Å². The Bertz CT molecular complexity index is 859. The summed E-state index contributed by atoms with van der Waals surface area (Å²) in [6, 6.07) is 0. The molecule has 0 radical (unpaired) electrons. The van der Waals surface area contributed by atoms with Gasteiger partial charge < -0.3 is 4.74 Å². The van der Waals surface area contributed by atoms with Gasteiger partial charge in [-0.25, -0.2) is 4.98 Å². The third kappa shape index (κ3) is 4.59. The van der Waals surface area contributed by atoms with Crippen molar-refractivity contribution >= 4 is 45.1 Å². The zero-order valence-electron chi connectivity index (χ0n) is 14.5. The Morgan fingerprint density at radius 3 is 2.68 bits per heavy atom. The van der Waals surface area contributed by atoms with E-state index in [4.69, 9.17) is 4.74 Å². The van der Waals surface area contributed by atoms with Gasteiger partial charge in [0.15, 0.2) is 5.16 Å². The molecule has 2 heterocycles. The highest BCUT2D eigenvalue weighted by atomic mass is 32.2. The first-order valence-electron chi connectivity index (χ1n) is 7.52. The quantitative estimate of drug-likeness (QED) is 0.437. The van der Waals surface area contributed by atoms with Gasteiger partial charge in [-0.05, 0) is 19.4 Å². The maximum Gasteiger partial charge on any atom is 0.263 e. The number of aryl methyl sites for hydroxylation is 2. The van der Waals surface area contributed by atoms with Gasteiger partial charge in [0.2, 0.25) is 11.8 Å². The van der Waals surface area contributed by atoms with E-state index in [1.165, 1.54) is 22.8 Å². The molecule has 2 aromatic rings. The van der Waals surface area contributed by atoms with Crippen molar-refractivity contribution in [3.8, 4) is 0 Å². The fourth-order valence-electron chi connectivity index (χ4n) is 2.12. The lowest BCUT2D eigenvalue weighted by atomic mass is 10.2. The summed E-state index contributed by atoms with van der Waals surface area (Å²) in [5.74, 6) is -0.722. The Hall–Kier alpha value is -1.91. The lowest BCUT2D eigenvalue weighted by Crippen LogP contribution is -2.41. The number of rotatable bonds is 6. The molecule has 0 saturated heterocycles. The van der Waals surface area contributed by atoms with Crippen LogP contribution in [0.25, 0.3) is 10.2 Å².